The molecule has 0 unspecified atom stereocenters. The molecule has 100 valence electrons. The Morgan fingerprint density at radius 3 is 2.84 bits per heavy atom. The Labute approximate surface area is 126 Å². The van der Waals surface area contributed by atoms with Crippen LogP contribution >= 0.6 is 27.5 Å². The summed E-state index contributed by atoms with van der Waals surface area (Å²) in [5.41, 5.74) is 0. The van der Waals surface area contributed by atoms with Crippen molar-refractivity contribution in [1.82, 2.24) is 4.98 Å². The highest BCUT2D eigenvalue weighted by Crippen LogP contribution is 2.34. The van der Waals surface area contributed by atoms with Crippen LogP contribution in [0.15, 0.2) is 34.9 Å². The second-order valence-corrected chi connectivity index (χ2v) is 6.76. The molecule has 19 heavy (non-hydrogen) atoms. The van der Waals surface area contributed by atoms with E-state index in [0.29, 0.717) is 11.3 Å². The van der Waals surface area contributed by atoms with Crippen molar-refractivity contribution < 1.29 is 0 Å². The van der Waals surface area contributed by atoms with Crippen molar-refractivity contribution in [2.75, 3.05) is 18.5 Å². The van der Waals surface area contributed by atoms with Crippen LogP contribution < -0.4 is 4.90 Å². The Morgan fingerprint density at radius 2 is 2.11 bits per heavy atom. The maximum atomic E-state index is 6.05. The van der Waals surface area contributed by atoms with Crippen LogP contribution in [-0.4, -0.2) is 24.0 Å². The van der Waals surface area contributed by atoms with Crippen molar-refractivity contribution in [3.63, 3.8) is 0 Å². The van der Waals surface area contributed by atoms with Crippen LogP contribution in [0, 0.1) is 5.92 Å². The molecule has 0 aliphatic heterocycles. The molecule has 1 fully saturated rings. The molecular formula is C15H16BrClN2. The lowest BCUT2D eigenvalue weighted by molar-refractivity contribution is 0.329. The van der Waals surface area contributed by atoms with Crippen LogP contribution in [0.4, 0.5) is 5.82 Å². The first-order chi connectivity index (χ1) is 9.15. The van der Waals surface area contributed by atoms with Crippen molar-refractivity contribution in [1.29, 1.82) is 0 Å². The Morgan fingerprint density at radius 1 is 1.32 bits per heavy atom. The molecule has 0 spiro atoms. The molecule has 2 aromatic rings. The molecule has 1 aliphatic carbocycles. The topological polar surface area (TPSA) is 16.1 Å². The van der Waals surface area contributed by atoms with Crippen molar-refractivity contribution in [3.8, 4) is 0 Å². The summed E-state index contributed by atoms with van der Waals surface area (Å²) in [6, 6.07) is 8.30. The Balaban J connectivity index is 1.89. The summed E-state index contributed by atoms with van der Waals surface area (Å²) in [6.07, 6.45) is 4.13. The number of alkyl halides is 1. The molecule has 3 rings (SSSR count). The van der Waals surface area contributed by atoms with Gasteiger partial charge in [0.25, 0.3) is 0 Å². The van der Waals surface area contributed by atoms with Gasteiger partial charge in [-0.2, -0.15) is 0 Å². The van der Waals surface area contributed by atoms with Gasteiger partial charge < -0.3 is 4.90 Å². The minimum absolute atomic E-state index is 0.382. The summed E-state index contributed by atoms with van der Waals surface area (Å²) in [4.78, 5) is 6.80. The number of benzene rings is 1. The summed E-state index contributed by atoms with van der Waals surface area (Å²) in [5.74, 6) is 1.76. The van der Waals surface area contributed by atoms with E-state index in [-0.39, 0.29) is 0 Å². The summed E-state index contributed by atoms with van der Waals surface area (Å²) in [5, 5.41) is 2.79. The molecule has 1 aromatic carbocycles. The Bertz CT molecular complexity index is 596. The lowest BCUT2D eigenvalue weighted by atomic mass is 9.84. The zero-order valence-corrected chi connectivity index (χ0v) is 13.2. The van der Waals surface area contributed by atoms with Crippen LogP contribution in [0.5, 0.6) is 0 Å². The smallest absolute Gasteiger partial charge is 0.136 e. The van der Waals surface area contributed by atoms with Crippen LogP contribution in [0.3, 0.4) is 0 Å². The molecule has 1 saturated carbocycles. The van der Waals surface area contributed by atoms with Crippen LogP contribution in [-0.2, 0) is 0 Å². The molecular weight excluding hydrogens is 324 g/mol. The lowest BCUT2D eigenvalue weighted by Gasteiger charge is -2.34. The average molecular weight is 340 g/mol. The third-order valence-electron chi connectivity index (χ3n) is 3.80. The van der Waals surface area contributed by atoms with E-state index in [2.05, 4.69) is 57.1 Å². The number of hydrogen-bond donors (Lipinski definition) is 0. The van der Waals surface area contributed by atoms with Crippen molar-refractivity contribution in [2.24, 2.45) is 5.92 Å². The average Bonchev–Trinajstić information content (AvgIpc) is 2.37. The third kappa shape index (κ3) is 2.59. The fourth-order valence-corrected chi connectivity index (χ4v) is 3.74. The van der Waals surface area contributed by atoms with Gasteiger partial charge in [0, 0.05) is 40.4 Å². The normalized spacial score (nSPS) is 22.3. The van der Waals surface area contributed by atoms with E-state index >= 15 is 0 Å². The van der Waals surface area contributed by atoms with Gasteiger partial charge in [0.1, 0.15) is 5.82 Å². The largest absolute Gasteiger partial charge is 0.359 e. The van der Waals surface area contributed by atoms with Gasteiger partial charge in [0.05, 0.1) is 0 Å². The van der Waals surface area contributed by atoms with Gasteiger partial charge in [-0.25, -0.2) is 4.98 Å². The minimum Gasteiger partial charge on any atom is -0.359 e. The molecule has 0 bridgehead atoms. The summed E-state index contributed by atoms with van der Waals surface area (Å²) in [6.45, 7) is 1.03. The highest BCUT2D eigenvalue weighted by atomic mass is 79.9. The number of aromatic nitrogens is 1. The summed E-state index contributed by atoms with van der Waals surface area (Å²) in [7, 11) is 2.12. The van der Waals surface area contributed by atoms with E-state index in [1.165, 1.54) is 10.8 Å². The first kappa shape index (κ1) is 13.2. The molecule has 1 aromatic heterocycles. The van der Waals surface area contributed by atoms with Crippen LogP contribution in [0.25, 0.3) is 10.8 Å². The zero-order valence-electron chi connectivity index (χ0n) is 10.8. The third-order valence-corrected chi connectivity index (χ3v) is 4.85. The number of fused-ring (bicyclic) bond motifs is 1. The monoisotopic (exact) mass is 338 g/mol. The standard InChI is InChI=1S/C15H16BrClN2/c1-19(9-10-7-11(17)8-10)15-13-3-2-4-14(16)12(13)5-6-18-15/h2-6,10-11H,7-9H2,1H3. The van der Waals surface area contributed by atoms with E-state index in [1.54, 1.807) is 0 Å². The van der Waals surface area contributed by atoms with Crippen molar-refractivity contribution in [2.45, 2.75) is 18.2 Å². The molecule has 2 nitrogen and oxygen atoms in total. The van der Waals surface area contributed by atoms with E-state index in [9.17, 15) is 0 Å². The fraction of sp³-hybridized carbons (Fsp3) is 0.400. The maximum absolute atomic E-state index is 6.05. The van der Waals surface area contributed by atoms with Gasteiger partial charge >= 0.3 is 0 Å². The van der Waals surface area contributed by atoms with E-state index in [0.717, 1.165) is 29.7 Å². The number of pyridine rings is 1. The van der Waals surface area contributed by atoms with Crippen molar-refractivity contribution >= 4 is 44.1 Å². The second kappa shape index (κ2) is 5.29. The SMILES string of the molecule is CN(CC1CC(Cl)C1)c1nccc2c(Br)cccc12. The van der Waals surface area contributed by atoms with E-state index in [4.69, 9.17) is 11.6 Å². The zero-order chi connectivity index (χ0) is 13.4. The highest BCUT2D eigenvalue weighted by Gasteiger charge is 2.28. The number of rotatable bonds is 3. The number of halogens is 2. The number of anilines is 1. The molecule has 0 atom stereocenters. The summed E-state index contributed by atoms with van der Waals surface area (Å²) >= 11 is 9.65. The minimum atomic E-state index is 0.382. The van der Waals surface area contributed by atoms with Gasteiger partial charge in [-0.3, -0.25) is 0 Å². The van der Waals surface area contributed by atoms with Gasteiger partial charge in [-0.1, -0.05) is 28.1 Å². The predicted octanol–water partition coefficient (Wildman–Crippen LogP) is 4.45. The predicted molar refractivity (Wildman–Crippen MR) is 85.1 cm³/mol. The van der Waals surface area contributed by atoms with Gasteiger partial charge in [0.15, 0.2) is 0 Å². The van der Waals surface area contributed by atoms with Gasteiger partial charge in [-0.15, -0.1) is 11.6 Å². The molecule has 1 aliphatic rings. The molecule has 1 heterocycles. The lowest BCUT2D eigenvalue weighted by Crippen LogP contribution is -2.35. The molecule has 0 saturated heterocycles. The number of nitrogens with zero attached hydrogens (tertiary/aromatic N) is 2. The quantitative estimate of drug-likeness (QED) is 0.768. The first-order valence-electron chi connectivity index (χ1n) is 6.53. The number of hydrogen-bond acceptors (Lipinski definition) is 2. The van der Waals surface area contributed by atoms with Gasteiger partial charge in [0.2, 0.25) is 0 Å². The van der Waals surface area contributed by atoms with Crippen molar-refractivity contribution in [3.05, 3.63) is 34.9 Å². The second-order valence-electron chi connectivity index (χ2n) is 5.28. The molecule has 0 N–H and O–H groups in total. The molecule has 0 radical (unpaired) electrons. The molecule has 4 heteroatoms. The first-order valence-corrected chi connectivity index (χ1v) is 7.76. The van der Waals surface area contributed by atoms with Gasteiger partial charge in [-0.05, 0) is 30.9 Å². The summed E-state index contributed by atoms with van der Waals surface area (Å²) < 4.78 is 1.12. The van der Waals surface area contributed by atoms with E-state index < -0.39 is 0 Å². The van der Waals surface area contributed by atoms with E-state index in [1.807, 2.05) is 6.20 Å². The fourth-order valence-electron chi connectivity index (χ4n) is 2.73. The molecule has 0 amide bonds. The Hall–Kier alpha value is -0.800. The maximum Gasteiger partial charge on any atom is 0.136 e. The Kier molecular flexibility index (Phi) is 3.68. The highest BCUT2D eigenvalue weighted by molar-refractivity contribution is 9.10. The van der Waals surface area contributed by atoms with Crippen LogP contribution in [0.2, 0.25) is 0 Å². The van der Waals surface area contributed by atoms with Crippen LogP contribution in [0.1, 0.15) is 12.8 Å².